The molecule has 25 heavy (non-hydrogen) atoms. The average molecular weight is 350 g/mol. The molecule has 0 unspecified atom stereocenters. The van der Waals surface area contributed by atoms with Gasteiger partial charge < -0.3 is 14.6 Å². The molecule has 1 aliphatic rings. The van der Waals surface area contributed by atoms with E-state index in [1.807, 2.05) is 36.2 Å². The zero-order valence-corrected chi connectivity index (χ0v) is 15.3. The van der Waals surface area contributed by atoms with Gasteiger partial charge in [-0.3, -0.25) is 14.6 Å². The van der Waals surface area contributed by atoms with E-state index in [1.54, 1.807) is 0 Å². The Balaban J connectivity index is 1.63. The second-order valence-electron chi connectivity index (χ2n) is 6.55. The van der Waals surface area contributed by atoms with E-state index < -0.39 is 5.97 Å². The fraction of sp³-hybridized carbons (Fsp3) is 0.632. The van der Waals surface area contributed by atoms with Crippen LogP contribution in [0.25, 0.3) is 0 Å². The molecule has 2 rings (SSSR count). The number of hydrogen-bond donors (Lipinski definition) is 1. The molecule has 0 atom stereocenters. The number of rotatable bonds is 10. The van der Waals surface area contributed by atoms with Gasteiger partial charge in [-0.2, -0.15) is 0 Å². The SMILES string of the molecule is CCCOc1ccc(OCCN2CCC(N(C)CC(=O)O)CC2)cc1. The van der Waals surface area contributed by atoms with Gasteiger partial charge in [-0.05, 0) is 63.7 Å². The second-order valence-corrected chi connectivity index (χ2v) is 6.55. The first-order valence-electron chi connectivity index (χ1n) is 9.08. The molecule has 0 bridgehead atoms. The van der Waals surface area contributed by atoms with Gasteiger partial charge in [0.1, 0.15) is 18.1 Å². The molecular formula is C19H30N2O4. The van der Waals surface area contributed by atoms with Crippen molar-refractivity contribution in [2.75, 3.05) is 46.4 Å². The van der Waals surface area contributed by atoms with Crippen molar-refractivity contribution in [1.82, 2.24) is 9.80 Å². The highest BCUT2D eigenvalue weighted by Crippen LogP contribution is 2.18. The summed E-state index contributed by atoms with van der Waals surface area (Å²) < 4.78 is 11.4. The zero-order chi connectivity index (χ0) is 18.1. The number of nitrogens with zero attached hydrogens (tertiary/aromatic N) is 2. The van der Waals surface area contributed by atoms with Crippen molar-refractivity contribution in [3.63, 3.8) is 0 Å². The molecule has 0 saturated carbocycles. The Labute approximate surface area is 150 Å². The van der Waals surface area contributed by atoms with E-state index in [9.17, 15) is 4.79 Å². The van der Waals surface area contributed by atoms with Crippen LogP contribution in [0.2, 0.25) is 0 Å². The highest BCUT2D eigenvalue weighted by atomic mass is 16.5. The number of carboxylic acids is 1. The third-order valence-electron chi connectivity index (χ3n) is 4.54. The van der Waals surface area contributed by atoms with Gasteiger partial charge >= 0.3 is 5.97 Å². The van der Waals surface area contributed by atoms with E-state index in [-0.39, 0.29) is 6.54 Å². The maximum atomic E-state index is 10.8. The van der Waals surface area contributed by atoms with Crippen LogP contribution in [-0.2, 0) is 4.79 Å². The van der Waals surface area contributed by atoms with Crippen molar-refractivity contribution >= 4 is 5.97 Å². The summed E-state index contributed by atoms with van der Waals surface area (Å²) in [6, 6.07) is 8.13. The Morgan fingerprint density at radius 3 is 2.24 bits per heavy atom. The molecule has 0 spiro atoms. The minimum Gasteiger partial charge on any atom is -0.494 e. The second kappa shape index (κ2) is 10.3. The van der Waals surface area contributed by atoms with Gasteiger partial charge in [0.05, 0.1) is 13.2 Å². The normalized spacial score (nSPS) is 16.1. The molecule has 0 amide bonds. The van der Waals surface area contributed by atoms with E-state index in [2.05, 4.69) is 11.8 Å². The molecule has 0 aromatic heterocycles. The van der Waals surface area contributed by atoms with Crippen LogP contribution in [0.5, 0.6) is 11.5 Å². The number of piperidine rings is 1. The van der Waals surface area contributed by atoms with E-state index in [4.69, 9.17) is 14.6 Å². The quantitative estimate of drug-likeness (QED) is 0.699. The molecule has 1 N–H and O–H groups in total. The summed E-state index contributed by atoms with van der Waals surface area (Å²) in [6.07, 6.45) is 3.02. The largest absolute Gasteiger partial charge is 0.494 e. The number of hydrogen-bond acceptors (Lipinski definition) is 5. The molecule has 6 nitrogen and oxygen atoms in total. The summed E-state index contributed by atoms with van der Waals surface area (Å²) in [5, 5.41) is 8.87. The Morgan fingerprint density at radius 2 is 1.72 bits per heavy atom. The maximum Gasteiger partial charge on any atom is 0.317 e. The molecule has 1 aliphatic heterocycles. The molecule has 6 heteroatoms. The van der Waals surface area contributed by atoms with Crippen molar-refractivity contribution in [3.8, 4) is 11.5 Å². The number of likely N-dealkylation sites (tertiary alicyclic amines) is 1. The minimum atomic E-state index is -0.760. The van der Waals surface area contributed by atoms with Crippen LogP contribution < -0.4 is 9.47 Å². The van der Waals surface area contributed by atoms with Crippen molar-refractivity contribution in [2.45, 2.75) is 32.2 Å². The van der Waals surface area contributed by atoms with Crippen LogP contribution in [0.4, 0.5) is 0 Å². The van der Waals surface area contributed by atoms with Gasteiger partial charge in [-0.15, -0.1) is 0 Å². The molecule has 0 aliphatic carbocycles. The summed E-state index contributed by atoms with van der Waals surface area (Å²) >= 11 is 0. The van der Waals surface area contributed by atoms with Crippen molar-refractivity contribution in [2.24, 2.45) is 0 Å². The highest BCUT2D eigenvalue weighted by molar-refractivity contribution is 5.69. The lowest BCUT2D eigenvalue weighted by Crippen LogP contribution is -2.45. The van der Waals surface area contributed by atoms with Gasteiger partial charge in [0, 0.05) is 12.6 Å². The van der Waals surface area contributed by atoms with Gasteiger partial charge in [0.25, 0.3) is 0 Å². The Morgan fingerprint density at radius 1 is 1.16 bits per heavy atom. The van der Waals surface area contributed by atoms with Crippen molar-refractivity contribution < 1.29 is 19.4 Å². The fourth-order valence-corrected chi connectivity index (χ4v) is 3.07. The molecular weight excluding hydrogens is 320 g/mol. The lowest BCUT2D eigenvalue weighted by atomic mass is 10.0. The van der Waals surface area contributed by atoms with Gasteiger partial charge in [0.2, 0.25) is 0 Å². The number of ether oxygens (including phenoxy) is 2. The number of aliphatic carboxylic acids is 1. The topological polar surface area (TPSA) is 62.2 Å². The van der Waals surface area contributed by atoms with E-state index in [0.29, 0.717) is 12.6 Å². The molecule has 1 aromatic carbocycles. The van der Waals surface area contributed by atoms with Gasteiger partial charge in [0.15, 0.2) is 0 Å². The van der Waals surface area contributed by atoms with Gasteiger partial charge in [-0.25, -0.2) is 0 Å². The van der Waals surface area contributed by atoms with E-state index in [1.165, 1.54) is 0 Å². The Bertz CT molecular complexity index is 513. The van der Waals surface area contributed by atoms with Crippen LogP contribution in [0.3, 0.4) is 0 Å². The standard InChI is InChI=1S/C19H30N2O4/c1-3-13-24-17-4-6-18(7-5-17)25-14-12-21-10-8-16(9-11-21)20(2)15-19(22)23/h4-7,16H,3,8-15H2,1-2H3,(H,22,23). The van der Waals surface area contributed by atoms with Crippen molar-refractivity contribution in [3.05, 3.63) is 24.3 Å². The van der Waals surface area contributed by atoms with Gasteiger partial charge in [-0.1, -0.05) is 6.92 Å². The lowest BCUT2D eigenvalue weighted by Gasteiger charge is -2.36. The molecule has 1 aromatic rings. The zero-order valence-electron chi connectivity index (χ0n) is 15.3. The van der Waals surface area contributed by atoms with E-state index >= 15 is 0 Å². The smallest absolute Gasteiger partial charge is 0.317 e. The lowest BCUT2D eigenvalue weighted by molar-refractivity contribution is -0.138. The molecule has 1 heterocycles. The van der Waals surface area contributed by atoms with Crippen LogP contribution in [0, 0.1) is 0 Å². The first-order chi connectivity index (χ1) is 12.1. The number of carboxylic acid groups (broad SMARTS) is 1. The maximum absolute atomic E-state index is 10.8. The highest BCUT2D eigenvalue weighted by Gasteiger charge is 2.23. The summed E-state index contributed by atoms with van der Waals surface area (Å²) in [6.45, 7) is 6.46. The predicted octanol–water partition coefficient (Wildman–Crippen LogP) is 2.33. The fourth-order valence-electron chi connectivity index (χ4n) is 3.07. The third-order valence-corrected chi connectivity index (χ3v) is 4.54. The van der Waals surface area contributed by atoms with Crippen LogP contribution in [0.15, 0.2) is 24.3 Å². The molecule has 140 valence electrons. The molecule has 1 fully saturated rings. The number of benzene rings is 1. The summed E-state index contributed by atoms with van der Waals surface area (Å²) in [4.78, 5) is 15.1. The molecule has 1 saturated heterocycles. The van der Waals surface area contributed by atoms with Crippen LogP contribution in [0.1, 0.15) is 26.2 Å². The minimum absolute atomic E-state index is 0.117. The Kier molecular flexibility index (Phi) is 8.01. The third kappa shape index (κ3) is 6.92. The predicted molar refractivity (Wildman–Crippen MR) is 97.5 cm³/mol. The number of likely N-dealkylation sites (N-methyl/N-ethyl adjacent to an activating group) is 1. The summed E-state index contributed by atoms with van der Waals surface area (Å²) in [5.41, 5.74) is 0. The Hall–Kier alpha value is -1.79. The number of carbonyl (C=O) groups is 1. The van der Waals surface area contributed by atoms with Crippen molar-refractivity contribution in [1.29, 1.82) is 0 Å². The molecule has 0 radical (unpaired) electrons. The first kappa shape index (κ1) is 19.5. The monoisotopic (exact) mass is 350 g/mol. The first-order valence-corrected chi connectivity index (χ1v) is 9.08. The average Bonchev–Trinajstić information content (AvgIpc) is 2.61. The van der Waals surface area contributed by atoms with E-state index in [0.717, 1.165) is 57.0 Å². The summed E-state index contributed by atoms with van der Waals surface area (Å²) in [7, 11) is 1.89. The summed E-state index contributed by atoms with van der Waals surface area (Å²) in [5.74, 6) is 0.978. The van der Waals surface area contributed by atoms with Crippen LogP contribution in [-0.4, -0.2) is 73.4 Å². The van der Waals surface area contributed by atoms with Crippen LogP contribution >= 0.6 is 0 Å².